The second-order valence-corrected chi connectivity index (χ2v) is 12.0. The molecule has 39 heavy (non-hydrogen) atoms. The van der Waals surface area contributed by atoms with Crippen molar-refractivity contribution in [1.82, 2.24) is 0 Å². The zero-order chi connectivity index (χ0) is 26.9. The maximum atomic E-state index is 5.53. The van der Waals surface area contributed by atoms with Gasteiger partial charge in [-0.1, -0.05) is 124 Å². The molecule has 0 saturated carbocycles. The molecule has 0 fully saturated rings. The zero-order valence-corrected chi connectivity index (χ0v) is 23.9. The number of aliphatic imine (C=N–C) groups is 2. The second kappa shape index (κ2) is 10.8. The Morgan fingerprint density at radius 3 is 1.85 bits per heavy atom. The summed E-state index contributed by atoms with van der Waals surface area (Å²) in [6, 6.07) is 30.3. The van der Waals surface area contributed by atoms with Gasteiger partial charge in [0, 0.05) is 26.3 Å². The van der Waals surface area contributed by atoms with Crippen LogP contribution in [0.2, 0.25) is 0 Å². The van der Waals surface area contributed by atoms with Crippen LogP contribution in [0.3, 0.4) is 0 Å². The van der Waals surface area contributed by atoms with E-state index in [2.05, 4.69) is 125 Å². The van der Waals surface area contributed by atoms with Crippen LogP contribution in [-0.2, 0) is 0 Å². The number of benzene rings is 4. The minimum absolute atomic E-state index is 0.376. The van der Waals surface area contributed by atoms with E-state index >= 15 is 0 Å². The van der Waals surface area contributed by atoms with E-state index in [1.807, 2.05) is 0 Å². The predicted octanol–water partition coefficient (Wildman–Crippen LogP) is 10.4. The lowest BCUT2D eigenvalue weighted by Crippen LogP contribution is -2.12. The van der Waals surface area contributed by atoms with Gasteiger partial charge in [0.25, 0.3) is 0 Å². The monoisotopic (exact) mass is 526 g/mol. The highest BCUT2D eigenvalue weighted by Gasteiger charge is 2.29. The Labute approximate surface area is 236 Å². The van der Waals surface area contributed by atoms with Crippen LogP contribution in [-0.4, -0.2) is 11.4 Å². The van der Waals surface area contributed by atoms with Gasteiger partial charge in [-0.15, -0.1) is 0 Å². The van der Waals surface area contributed by atoms with Crippen molar-refractivity contribution in [3.63, 3.8) is 0 Å². The van der Waals surface area contributed by atoms with Crippen LogP contribution in [0.4, 0.5) is 5.69 Å². The standard InChI is InChI=1S/C36H34N2S/c1-23(2)27-17-12-18-28(24(3)4)34(27)38-36-30-20-11-14-25-13-10-19-29(33(25)30)35(36)37-31-21-8-9-22-32(31)39-26-15-6-5-7-16-26/h5-7,10-24H,8-9H2,1-4H3. The van der Waals surface area contributed by atoms with Crippen molar-refractivity contribution in [2.75, 3.05) is 0 Å². The van der Waals surface area contributed by atoms with E-state index in [-0.39, 0.29) is 0 Å². The lowest BCUT2D eigenvalue weighted by Gasteiger charge is -2.18. The SMILES string of the molecule is CC(C)c1cccc(C(C)C)c1N=C1C(=NC2=CCCC=C2Sc2ccccc2)c2cccc3cccc1c23. The normalized spacial score (nSPS) is 17.0. The summed E-state index contributed by atoms with van der Waals surface area (Å²) >= 11 is 1.80. The molecule has 0 spiro atoms. The van der Waals surface area contributed by atoms with Crippen molar-refractivity contribution in [3.05, 3.63) is 130 Å². The van der Waals surface area contributed by atoms with Gasteiger partial charge in [-0.2, -0.15) is 0 Å². The van der Waals surface area contributed by atoms with Crippen LogP contribution in [0.15, 0.2) is 123 Å². The summed E-state index contributed by atoms with van der Waals surface area (Å²) in [6.07, 6.45) is 6.67. The number of allylic oxidation sites excluding steroid dienone is 2. The molecule has 0 radical (unpaired) electrons. The summed E-state index contributed by atoms with van der Waals surface area (Å²) in [5.41, 5.74) is 9.01. The molecule has 0 aromatic heterocycles. The van der Waals surface area contributed by atoms with Crippen LogP contribution >= 0.6 is 11.8 Å². The molecular formula is C36H34N2S. The summed E-state index contributed by atoms with van der Waals surface area (Å²) in [5.74, 6) is 0.752. The van der Waals surface area contributed by atoms with E-state index < -0.39 is 0 Å². The van der Waals surface area contributed by atoms with Gasteiger partial charge in [0.15, 0.2) is 0 Å². The fraction of sp³-hybridized carbons (Fsp3) is 0.222. The molecule has 0 atom stereocenters. The second-order valence-electron chi connectivity index (χ2n) is 10.9. The maximum absolute atomic E-state index is 5.53. The number of nitrogens with zero attached hydrogens (tertiary/aromatic N) is 2. The number of thioether (sulfide) groups is 1. The summed E-state index contributed by atoms with van der Waals surface area (Å²) in [7, 11) is 0. The zero-order valence-electron chi connectivity index (χ0n) is 23.1. The maximum Gasteiger partial charge on any atom is 0.0979 e. The number of hydrogen-bond acceptors (Lipinski definition) is 3. The van der Waals surface area contributed by atoms with Gasteiger partial charge < -0.3 is 0 Å². The molecule has 0 aliphatic heterocycles. The topological polar surface area (TPSA) is 24.7 Å². The molecule has 4 aromatic rings. The molecule has 0 amide bonds. The third kappa shape index (κ3) is 4.92. The van der Waals surface area contributed by atoms with Crippen molar-refractivity contribution < 1.29 is 0 Å². The molecule has 0 N–H and O–H groups in total. The quantitative estimate of drug-likeness (QED) is 0.245. The molecule has 4 aromatic carbocycles. The highest BCUT2D eigenvalue weighted by atomic mass is 32.2. The van der Waals surface area contributed by atoms with Crippen molar-refractivity contribution in [2.45, 2.75) is 57.3 Å². The first-order valence-electron chi connectivity index (χ1n) is 14.0. The van der Waals surface area contributed by atoms with Gasteiger partial charge >= 0.3 is 0 Å². The van der Waals surface area contributed by atoms with E-state index in [1.54, 1.807) is 11.8 Å². The van der Waals surface area contributed by atoms with E-state index in [1.165, 1.54) is 42.8 Å². The summed E-state index contributed by atoms with van der Waals surface area (Å²) in [4.78, 5) is 13.4. The van der Waals surface area contributed by atoms with E-state index in [0.29, 0.717) is 11.8 Å². The van der Waals surface area contributed by atoms with E-state index in [9.17, 15) is 0 Å². The summed E-state index contributed by atoms with van der Waals surface area (Å²) in [5, 5.41) is 2.49. The molecule has 0 bridgehead atoms. The fourth-order valence-electron chi connectivity index (χ4n) is 5.54. The highest BCUT2D eigenvalue weighted by Crippen LogP contribution is 2.40. The molecule has 194 valence electrons. The fourth-order valence-corrected chi connectivity index (χ4v) is 6.52. The Bertz CT molecular complexity index is 1640. The largest absolute Gasteiger partial charge is 0.245 e. The lowest BCUT2D eigenvalue weighted by atomic mass is 9.92. The first-order chi connectivity index (χ1) is 19.0. The Morgan fingerprint density at radius 2 is 1.21 bits per heavy atom. The Morgan fingerprint density at radius 1 is 0.615 bits per heavy atom. The van der Waals surface area contributed by atoms with Gasteiger partial charge in [-0.05, 0) is 53.3 Å². The molecule has 0 saturated heterocycles. The van der Waals surface area contributed by atoms with Crippen molar-refractivity contribution in [3.8, 4) is 0 Å². The molecule has 2 aliphatic rings. The highest BCUT2D eigenvalue weighted by molar-refractivity contribution is 8.03. The average molecular weight is 527 g/mol. The predicted molar refractivity (Wildman–Crippen MR) is 169 cm³/mol. The van der Waals surface area contributed by atoms with Gasteiger partial charge in [0.05, 0.1) is 22.8 Å². The number of hydrogen-bond donors (Lipinski definition) is 0. The van der Waals surface area contributed by atoms with Crippen LogP contribution < -0.4 is 0 Å². The van der Waals surface area contributed by atoms with Crippen molar-refractivity contribution in [2.24, 2.45) is 9.98 Å². The van der Waals surface area contributed by atoms with Crippen LogP contribution in [0.5, 0.6) is 0 Å². The average Bonchev–Trinajstić information content (AvgIpc) is 3.24. The van der Waals surface area contributed by atoms with Crippen LogP contribution in [0.1, 0.15) is 74.6 Å². The number of para-hydroxylation sites is 1. The smallest absolute Gasteiger partial charge is 0.0979 e. The molecule has 2 aliphatic carbocycles. The first-order valence-corrected chi connectivity index (χ1v) is 14.8. The Kier molecular flexibility index (Phi) is 7.10. The van der Waals surface area contributed by atoms with Crippen LogP contribution in [0, 0.1) is 0 Å². The van der Waals surface area contributed by atoms with E-state index in [0.717, 1.165) is 35.6 Å². The molecule has 0 unspecified atom stereocenters. The van der Waals surface area contributed by atoms with Crippen molar-refractivity contribution >= 4 is 39.6 Å². The number of rotatable bonds is 6. The van der Waals surface area contributed by atoms with Gasteiger partial charge in [0.1, 0.15) is 0 Å². The van der Waals surface area contributed by atoms with Gasteiger partial charge in [-0.25, -0.2) is 9.98 Å². The molecule has 0 heterocycles. The first kappa shape index (κ1) is 25.6. The minimum atomic E-state index is 0.376. The molecular weight excluding hydrogens is 492 g/mol. The summed E-state index contributed by atoms with van der Waals surface area (Å²) in [6.45, 7) is 9.03. The summed E-state index contributed by atoms with van der Waals surface area (Å²) < 4.78 is 0. The van der Waals surface area contributed by atoms with Gasteiger partial charge in [0.2, 0.25) is 0 Å². The molecule has 2 nitrogen and oxygen atoms in total. The van der Waals surface area contributed by atoms with E-state index in [4.69, 9.17) is 9.98 Å². The van der Waals surface area contributed by atoms with Crippen LogP contribution in [0.25, 0.3) is 10.8 Å². The van der Waals surface area contributed by atoms with Gasteiger partial charge in [-0.3, -0.25) is 0 Å². The van der Waals surface area contributed by atoms with Crippen molar-refractivity contribution in [1.29, 1.82) is 0 Å². The third-order valence-corrected chi connectivity index (χ3v) is 8.60. The molecule has 6 rings (SSSR count). The molecule has 3 heteroatoms. The lowest BCUT2D eigenvalue weighted by molar-refractivity contribution is 0.835. The third-order valence-electron chi connectivity index (χ3n) is 7.50. The Balaban J connectivity index is 1.55. The minimum Gasteiger partial charge on any atom is -0.245 e. The Hall–Kier alpha value is -3.69.